The second-order valence-electron chi connectivity index (χ2n) is 6.56. The molecule has 1 aliphatic rings. The number of nitrogens with zero attached hydrogens (tertiary/aromatic N) is 2. The molecule has 2 aromatic carbocycles. The predicted molar refractivity (Wildman–Crippen MR) is 111 cm³/mol. The van der Waals surface area contributed by atoms with Crippen LogP contribution in [0, 0.1) is 6.92 Å². The summed E-state index contributed by atoms with van der Waals surface area (Å²) in [6.07, 6.45) is 0. The van der Waals surface area contributed by atoms with Crippen LogP contribution in [0.3, 0.4) is 0 Å². The van der Waals surface area contributed by atoms with Crippen LogP contribution in [0.4, 0.5) is 11.4 Å². The summed E-state index contributed by atoms with van der Waals surface area (Å²) in [5.74, 6) is 0.490. The predicted octanol–water partition coefficient (Wildman–Crippen LogP) is 4.07. The van der Waals surface area contributed by atoms with Crippen molar-refractivity contribution in [3.8, 4) is 5.75 Å². The Morgan fingerprint density at radius 3 is 2.48 bits per heavy atom. The summed E-state index contributed by atoms with van der Waals surface area (Å²) in [6, 6.07) is 11.4. The molecule has 0 bridgehead atoms. The van der Waals surface area contributed by atoms with E-state index in [0.717, 1.165) is 42.5 Å². The van der Waals surface area contributed by atoms with Crippen molar-refractivity contribution in [2.75, 3.05) is 50.1 Å². The Hall–Kier alpha value is -1.95. The van der Waals surface area contributed by atoms with Gasteiger partial charge in [0.2, 0.25) is 5.91 Å². The molecule has 1 heterocycles. The molecule has 1 saturated heterocycles. The monoisotopic (exact) mass is 407 g/mol. The number of anilines is 2. The Labute approximate surface area is 169 Å². The average Bonchev–Trinajstić information content (AvgIpc) is 2.65. The third-order valence-electron chi connectivity index (χ3n) is 4.69. The van der Waals surface area contributed by atoms with Crippen LogP contribution in [-0.2, 0) is 4.79 Å². The molecule has 1 amide bonds. The van der Waals surface area contributed by atoms with Gasteiger partial charge in [-0.05, 0) is 30.7 Å². The van der Waals surface area contributed by atoms with Crippen molar-refractivity contribution < 1.29 is 9.53 Å². The van der Waals surface area contributed by atoms with Crippen molar-refractivity contribution in [3.63, 3.8) is 0 Å². The van der Waals surface area contributed by atoms with Gasteiger partial charge in [0, 0.05) is 37.3 Å². The molecule has 0 atom stereocenters. The van der Waals surface area contributed by atoms with Gasteiger partial charge in [-0.2, -0.15) is 0 Å². The van der Waals surface area contributed by atoms with E-state index in [4.69, 9.17) is 27.9 Å². The molecule has 0 aliphatic carbocycles. The summed E-state index contributed by atoms with van der Waals surface area (Å²) in [6.45, 7) is 5.50. The van der Waals surface area contributed by atoms with Crippen LogP contribution in [0.2, 0.25) is 10.0 Å². The maximum Gasteiger partial charge on any atom is 0.238 e. The fourth-order valence-electron chi connectivity index (χ4n) is 3.18. The Kier molecular flexibility index (Phi) is 6.47. The lowest BCUT2D eigenvalue weighted by atomic mass is 10.2. The number of rotatable bonds is 5. The fourth-order valence-corrected chi connectivity index (χ4v) is 3.59. The van der Waals surface area contributed by atoms with Gasteiger partial charge in [-0.15, -0.1) is 0 Å². The van der Waals surface area contributed by atoms with E-state index in [1.165, 1.54) is 0 Å². The Morgan fingerprint density at radius 2 is 1.81 bits per heavy atom. The Balaban J connectivity index is 1.56. The van der Waals surface area contributed by atoms with Crippen LogP contribution in [0.15, 0.2) is 36.4 Å². The average molecular weight is 408 g/mol. The standard InChI is InChI=1S/C20H23Cl2N3O2/c1-14-11-17(19(27-2)12-16(14)22)23-20(26)13-24-7-9-25(10-8-24)18-6-4-3-5-15(18)21/h3-6,11-12H,7-10,13H2,1-2H3,(H,23,26). The van der Waals surface area contributed by atoms with E-state index in [9.17, 15) is 4.79 Å². The summed E-state index contributed by atoms with van der Waals surface area (Å²) in [5, 5.41) is 4.30. The van der Waals surface area contributed by atoms with E-state index >= 15 is 0 Å². The van der Waals surface area contributed by atoms with E-state index < -0.39 is 0 Å². The second kappa shape index (κ2) is 8.83. The van der Waals surface area contributed by atoms with Crippen LogP contribution in [-0.4, -0.2) is 50.6 Å². The van der Waals surface area contributed by atoms with Crippen molar-refractivity contribution in [1.29, 1.82) is 0 Å². The molecule has 3 rings (SSSR count). The molecule has 0 aromatic heterocycles. The molecular formula is C20H23Cl2N3O2. The number of nitrogens with one attached hydrogen (secondary N) is 1. The first kappa shape index (κ1) is 19.8. The highest BCUT2D eigenvalue weighted by atomic mass is 35.5. The third kappa shape index (κ3) is 4.86. The summed E-state index contributed by atoms with van der Waals surface area (Å²) in [5.41, 5.74) is 2.57. The van der Waals surface area contributed by atoms with E-state index in [1.54, 1.807) is 13.2 Å². The minimum absolute atomic E-state index is 0.0683. The van der Waals surface area contributed by atoms with Gasteiger partial charge in [0.25, 0.3) is 0 Å². The lowest BCUT2D eigenvalue weighted by Gasteiger charge is -2.36. The zero-order valence-corrected chi connectivity index (χ0v) is 17.0. The van der Waals surface area contributed by atoms with Crippen LogP contribution in [0.1, 0.15) is 5.56 Å². The fraction of sp³-hybridized carbons (Fsp3) is 0.350. The Bertz CT molecular complexity index is 821. The molecule has 0 radical (unpaired) electrons. The van der Waals surface area contributed by atoms with E-state index in [-0.39, 0.29) is 5.91 Å². The van der Waals surface area contributed by atoms with Gasteiger partial charge in [-0.25, -0.2) is 0 Å². The number of hydrogen-bond acceptors (Lipinski definition) is 4. The smallest absolute Gasteiger partial charge is 0.238 e. The van der Waals surface area contributed by atoms with Gasteiger partial charge in [0.05, 0.1) is 30.1 Å². The minimum Gasteiger partial charge on any atom is -0.495 e. The first-order valence-electron chi connectivity index (χ1n) is 8.83. The van der Waals surface area contributed by atoms with Crippen LogP contribution in [0.5, 0.6) is 5.75 Å². The first-order valence-corrected chi connectivity index (χ1v) is 9.59. The number of para-hydroxylation sites is 1. The van der Waals surface area contributed by atoms with Crippen molar-refractivity contribution in [1.82, 2.24) is 4.90 Å². The van der Waals surface area contributed by atoms with Crippen molar-refractivity contribution in [2.45, 2.75) is 6.92 Å². The molecule has 0 spiro atoms. The van der Waals surface area contributed by atoms with Gasteiger partial charge >= 0.3 is 0 Å². The molecule has 7 heteroatoms. The SMILES string of the molecule is COc1cc(Cl)c(C)cc1NC(=O)CN1CCN(c2ccccc2Cl)CC1. The van der Waals surface area contributed by atoms with E-state index in [2.05, 4.69) is 15.1 Å². The summed E-state index contributed by atoms with van der Waals surface area (Å²) in [7, 11) is 1.56. The van der Waals surface area contributed by atoms with E-state index in [0.29, 0.717) is 23.0 Å². The van der Waals surface area contributed by atoms with Crippen LogP contribution < -0.4 is 15.0 Å². The number of piperazine rings is 1. The minimum atomic E-state index is -0.0683. The number of carbonyl (C=O) groups excluding carboxylic acids is 1. The summed E-state index contributed by atoms with van der Waals surface area (Å²) < 4.78 is 5.31. The lowest BCUT2D eigenvalue weighted by Crippen LogP contribution is -2.48. The molecule has 0 unspecified atom stereocenters. The highest BCUT2D eigenvalue weighted by molar-refractivity contribution is 6.33. The number of carbonyl (C=O) groups is 1. The summed E-state index contributed by atoms with van der Waals surface area (Å²) >= 11 is 12.4. The van der Waals surface area contributed by atoms with Crippen molar-refractivity contribution in [3.05, 3.63) is 52.0 Å². The maximum absolute atomic E-state index is 12.5. The zero-order chi connectivity index (χ0) is 19.4. The molecule has 1 N–H and O–H groups in total. The van der Waals surface area contributed by atoms with Gasteiger partial charge in [0.15, 0.2) is 0 Å². The van der Waals surface area contributed by atoms with Gasteiger partial charge in [0.1, 0.15) is 5.75 Å². The quantitative estimate of drug-likeness (QED) is 0.810. The number of hydrogen-bond donors (Lipinski definition) is 1. The number of ether oxygens (including phenoxy) is 1. The molecule has 1 fully saturated rings. The molecular weight excluding hydrogens is 385 g/mol. The molecule has 2 aromatic rings. The number of benzene rings is 2. The van der Waals surface area contributed by atoms with Gasteiger partial charge < -0.3 is 15.0 Å². The molecule has 5 nitrogen and oxygen atoms in total. The number of aryl methyl sites for hydroxylation is 1. The normalized spacial score (nSPS) is 14.9. The Morgan fingerprint density at radius 1 is 1.11 bits per heavy atom. The van der Waals surface area contributed by atoms with Gasteiger partial charge in [-0.1, -0.05) is 35.3 Å². The van der Waals surface area contributed by atoms with Crippen molar-refractivity contribution >= 4 is 40.5 Å². The topological polar surface area (TPSA) is 44.8 Å². The molecule has 0 saturated carbocycles. The lowest BCUT2D eigenvalue weighted by molar-refractivity contribution is -0.117. The van der Waals surface area contributed by atoms with Crippen LogP contribution in [0.25, 0.3) is 0 Å². The number of methoxy groups -OCH3 is 1. The summed E-state index contributed by atoms with van der Waals surface area (Å²) in [4.78, 5) is 16.9. The second-order valence-corrected chi connectivity index (χ2v) is 7.38. The number of amides is 1. The first-order chi connectivity index (χ1) is 13.0. The molecule has 27 heavy (non-hydrogen) atoms. The molecule has 144 valence electrons. The van der Waals surface area contributed by atoms with E-state index in [1.807, 2.05) is 37.3 Å². The largest absolute Gasteiger partial charge is 0.495 e. The third-order valence-corrected chi connectivity index (χ3v) is 5.41. The van der Waals surface area contributed by atoms with Crippen LogP contribution >= 0.6 is 23.2 Å². The zero-order valence-electron chi connectivity index (χ0n) is 15.5. The molecule has 1 aliphatic heterocycles. The van der Waals surface area contributed by atoms with Crippen molar-refractivity contribution in [2.24, 2.45) is 0 Å². The highest BCUT2D eigenvalue weighted by Gasteiger charge is 2.21. The van der Waals surface area contributed by atoms with Gasteiger partial charge in [-0.3, -0.25) is 9.69 Å². The maximum atomic E-state index is 12.5. The highest BCUT2D eigenvalue weighted by Crippen LogP contribution is 2.31. The number of halogens is 2.